The number of carbonyl (C=O) groups is 1. The van der Waals surface area contributed by atoms with Gasteiger partial charge >= 0.3 is 0 Å². The molecule has 0 spiro atoms. The summed E-state index contributed by atoms with van der Waals surface area (Å²) in [6.07, 6.45) is 0.886. The number of anilines is 1. The van der Waals surface area contributed by atoms with Crippen molar-refractivity contribution in [2.45, 2.75) is 13.3 Å². The monoisotopic (exact) mass is 260 g/mol. The van der Waals surface area contributed by atoms with E-state index in [1.807, 2.05) is 13.0 Å². The van der Waals surface area contributed by atoms with Crippen molar-refractivity contribution < 1.29 is 4.79 Å². The van der Waals surface area contributed by atoms with Crippen LogP contribution in [0, 0.1) is 0 Å². The Bertz CT molecular complexity index is 636. The number of carbonyl (C=O) groups excluding carboxylic acids is 1. The molecule has 2 rings (SSSR count). The fourth-order valence-electron chi connectivity index (χ4n) is 1.66. The van der Waals surface area contributed by atoms with Gasteiger partial charge in [-0.3, -0.25) is 14.6 Å². The number of nitrogens with one attached hydrogen (secondary N) is 3. The minimum absolute atomic E-state index is 0.0846. The van der Waals surface area contributed by atoms with Gasteiger partial charge in [0, 0.05) is 6.54 Å². The Morgan fingerprint density at radius 2 is 2.16 bits per heavy atom. The number of para-hydroxylation sites is 1. The largest absolute Gasteiger partial charge is 0.355 e. The van der Waals surface area contributed by atoms with Crippen LogP contribution in [0.4, 0.5) is 5.95 Å². The van der Waals surface area contributed by atoms with E-state index in [0.717, 1.165) is 6.42 Å². The van der Waals surface area contributed by atoms with Crippen LogP contribution in [0.3, 0.4) is 0 Å². The number of rotatable bonds is 5. The molecule has 1 amide bonds. The number of hydrogen-bond acceptors (Lipinski definition) is 4. The van der Waals surface area contributed by atoms with Crippen molar-refractivity contribution in [1.82, 2.24) is 15.3 Å². The molecule has 6 nitrogen and oxygen atoms in total. The van der Waals surface area contributed by atoms with Crippen LogP contribution in [0.1, 0.15) is 13.3 Å². The summed E-state index contributed by atoms with van der Waals surface area (Å²) in [5, 5.41) is 6.07. The van der Waals surface area contributed by atoms with Crippen LogP contribution in [-0.4, -0.2) is 29.0 Å². The summed E-state index contributed by atoms with van der Waals surface area (Å²) >= 11 is 0. The van der Waals surface area contributed by atoms with Crippen LogP contribution in [0.2, 0.25) is 0 Å². The van der Waals surface area contributed by atoms with E-state index < -0.39 is 0 Å². The Labute approximate surface area is 110 Å². The van der Waals surface area contributed by atoms with E-state index >= 15 is 0 Å². The molecule has 0 bridgehead atoms. The normalized spacial score (nSPS) is 10.4. The number of benzene rings is 1. The highest BCUT2D eigenvalue weighted by Gasteiger charge is 2.04. The summed E-state index contributed by atoms with van der Waals surface area (Å²) < 4.78 is 0. The van der Waals surface area contributed by atoms with Gasteiger partial charge in [-0.1, -0.05) is 19.1 Å². The zero-order valence-corrected chi connectivity index (χ0v) is 10.7. The van der Waals surface area contributed by atoms with Gasteiger partial charge < -0.3 is 10.6 Å². The molecule has 0 aliphatic rings. The van der Waals surface area contributed by atoms with Crippen molar-refractivity contribution in [2.75, 3.05) is 18.4 Å². The molecule has 0 aliphatic heterocycles. The highest BCUT2D eigenvalue weighted by atomic mass is 16.2. The fourth-order valence-corrected chi connectivity index (χ4v) is 1.66. The van der Waals surface area contributed by atoms with E-state index in [0.29, 0.717) is 23.4 Å². The lowest BCUT2D eigenvalue weighted by Crippen LogP contribution is -2.31. The van der Waals surface area contributed by atoms with Gasteiger partial charge in [-0.15, -0.1) is 0 Å². The van der Waals surface area contributed by atoms with Gasteiger partial charge in [-0.25, -0.2) is 4.98 Å². The van der Waals surface area contributed by atoms with E-state index in [9.17, 15) is 9.59 Å². The summed E-state index contributed by atoms with van der Waals surface area (Å²) in [4.78, 5) is 30.1. The average Bonchev–Trinajstić information content (AvgIpc) is 2.43. The number of amides is 1. The molecule has 1 heterocycles. The summed E-state index contributed by atoms with van der Waals surface area (Å²) in [5.74, 6) is 0.174. The standard InChI is InChI=1S/C13H16N4O2/c1-2-7-14-11(18)8-15-13-16-10-6-4-3-5-9(10)12(19)17-13/h3-6H,2,7-8H2,1H3,(H,14,18)(H2,15,16,17,19). The number of fused-ring (bicyclic) bond motifs is 1. The van der Waals surface area contributed by atoms with Crippen LogP contribution in [0.5, 0.6) is 0 Å². The minimum Gasteiger partial charge on any atom is -0.355 e. The van der Waals surface area contributed by atoms with E-state index in [2.05, 4.69) is 20.6 Å². The summed E-state index contributed by atoms with van der Waals surface area (Å²) in [6, 6.07) is 7.06. The van der Waals surface area contributed by atoms with E-state index in [1.54, 1.807) is 18.2 Å². The van der Waals surface area contributed by atoms with E-state index in [4.69, 9.17) is 0 Å². The Morgan fingerprint density at radius 3 is 2.95 bits per heavy atom. The van der Waals surface area contributed by atoms with Gasteiger partial charge in [0.1, 0.15) is 0 Å². The lowest BCUT2D eigenvalue weighted by molar-refractivity contribution is -0.119. The van der Waals surface area contributed by atoms with Crippen LogP contribution in [0.15, 0.2) is 29.1 Å². The first-order valence-corrected chi connectivity index (χ1v) is 6.20. The van der Waals surface area contributed by atoms with Gasteiger partial charge in [0.2, 0.25) is 11.9 Å². The van der Waals surface area contributed by atoms with Crippen LogP contribution in [-0.2, 0) is 4.79 Å². The van der Waals surface area contributed by atoms with Crippen molar-refractivity contribution in [3.05, 3.63) is 34.6 Å². The molecule has 19 heavy (non-hydrogen) atoms. The molecule has 0 aliphatic carbocycles. The van der Waals surface area contributed by atoms with E-state index in [1.165, 1.54) is 0 Å². The minimum atomic E-state index is -0.220. The molecule has 100 valence electrons. The summed E-state index contributed by atoms with van der Waals surface area (Å²) in [5.41, 5.74) is 0.379. The molecule has 6 heteroatoms. The second-order valence-electron chi connectivity index (χ2n) is 4.14. The molecule has 2 aromatic rings. The second kappa shape index (κ2) is 5.99. The number of aromatic nitrogens is 2. The highest BCUT2D eigenvalue weighted by Crippen LogP contribution is 2.07. The lowest BCUT2D eigenvalue weighted by Gasteiger charge is -2.06. The third-order valence-electron chi connectivity index (χ3n) is 2.60. The van der Waals surface area contributed by atoms with Crippen LogP contribution in [0.25, 0.3) is 10.9 Å². The number of H-pyrrole nitrogens is 1. The van der Waals surface area contributed by atoms with Gasteiger partial charge in [0.25, 0.3) is 5.56 Å². The third kappa shape index (κ3) is 3.31. The molecule has 1 aromatic heterocycles. The first-order chi connectivity index (χ1) is 9.20. The van der Waals surface area contributed by atoms with E-state index in [-0.39, 0.29) is 18.0 Å². The Kier molecular flexibility index (Phi) is 4.12. The Balaban J connectivity index is 2.09. The van der Waals surface area contributed by atoms with Crippen LogP contribution >= 0.6 is 0 Å². The first-order valence-electron chi connectivity index (χ1n) is 6.20. The molecule has 0 unspecified atom stereocenters. The van der Waals surface area contributed by atoms with Gasteiger partial charge in [-0.05, 0) is 18.6 Å². The zero-order valence-electron chi connectivity index (χ0n) is 10.7. The molecule has 0 fully saturated rings. The molecule has 0 saturated heterocycles. The highest BCUT2D eigenvalue weighted by molar-refractivity contribution is 5.81. The predicted molar refractivity (Wildman–Crippen MR) is 74.2 cm³/mol. The second-order valence-corrected chi connectivity index (χ2v) is 4.14. The molecular weight excluding hydrogens is 244 g/mol. The maximum atomic E-state index is 11.8. The van der Waals surface area contributed by atoms with Gasteiger partial charge in [0.15, 0.2) is 0 Å². The Hall–Kier alpha value is -2.37. The maximum absolute atomic E-state index is 11.8. The van der Waals surface area contributed by atoms with Crippen molar-refractivity contribution in [3.63, 3.8) is 0 Å². The SMILES string of the molecule is CCCNC(=O)CNc1nc2ccccc2c(=O)[nH]1. The quantitative estimate of drug-likeness (QED) is 0.744. The number of hydrogen-bond donors (Lipinski definition) is 3. The molecule has 3 N–H and O–H groups in total. The smallest absolute Gasteiger partial charge is 0.260 e. The topological polar surface area (TPSA) is 86.9 Å². The molecular formula is C13H16N4O2. The van der Waals surface area contributed by atoms with Gasteiger partial charge in [-0.2, -0.15) is 0 Å². The average molecular weight is 260 g/mol. The Morgan fingerprint density at radius 1 is 1.37 bits per heavy atom. The fraction of sp³-hybridized carbons (Fsp3) is 0.308. The summed E-state index contributed by atoms with van der Waals surface area (Å²) in [7, 11) is 0. The molecule has 0 atom stereocenters. The first kappa shape index (κ1) is 13.1. The maximum Gasteiger partial charge on any atom is 0.260 e. The van der Waals surface area contributed by atoms with Crippen molar-refractivity contribution in [2.24, 2.45) is 0 Å². The predicted octanol–water partition coefficient (Wildman–Crippen LogP) is 0.861. The summed E-state index contributed by atoms with van der Waals surface area (Å²) in [6.45, 7) is 2.71. The zero-order chi connectivity index (χ0) is 13.7. The molecule has 1 aromatic carbocycles. The molecule has 0 radical (unpaired) electrons. The lowest BCUT2D eigenvalue weighted by atomic mass is 10.2. The third-order valence-corrected chi connectivity index (χ3v) is 2.60. The number of nitrogens with zero attached hydrogens (tertiary/aromatic N) is 1. The molecule has 0 saturated carbocycles. The van der Waals surface area contributed by atoms with Gasteiger partial charge in [0.05, 0.1) is 17.4 Å². The van der Waals surface area contributed by atoms with Crippen LogP contribution < -0.4 is 16.2 Å². The number of aromatic amines is 1. The van der Waals surface area contributed by atoms with Crippen molar-refractivity contribution >= 4 is 22.8 Å². The van der Waals surface area contributed by atoms with Crippen molar-refractivity contribution in [3.8, 4) is 0 Å². The van der Waals surface area contributed by atoms with Crippen molar-refractivity contribution in [1.29, 1.82) is 0 Å².